The first-order valence-corrected chi connectivity index (χ1v) is 10.0. The highest BCUT2D eigenvalue weighted by Crippen LogP contribution is 2.35. The van der Waals surface area contributed by atoms with Gasteiger partial charge in [0.05, 0.1) is 11.2 Å². The fourth-order valence-electron chi connectivity index (χ4n) is 3.98. The Labute approximate surface area is 166 Å². The molecule has 0 bridgehead atoms. The van der Waals surface area contributed by atoms with E-state index >= 15 is 4.39 Å². The molecule has 0 saturated carbocycles. The number of hydrogen-bond acceptors (Lipinski definition) is 0. The Morgan fingerprint density at radius 2 is 1.57 bits per heavy atom. The second-order valence-electron chi connectivity index (χ2n) is 7.65. The van der Waals surface area contributed by atoms with E-state index in [1.54, 1.807) is 0 Å². The molecule has 0 aliphatic carbocycles. The van der Waals surface area contributed by atoms with Crippen molar-refractivity contribution in [3.63, 3.8) is 0 Å². The summed E-state index contributed by atoms with van der Waals surface area (Å²) in [5.74, 6) is -0.129. The van der Waals surface area contributed by atoms with Crippen LogP contribution in [0.3, 0.4) is 0 Å². The Balaban J connectivity index is 1.88. The van der Waals surface area contributed by atoms with Gasteiger partial charge in [0.15, 0.2) is 5.82 Å². The van der Waals surface area contributed by atoms with E-state index in [1.807, 2.05) is 50.2 Å². The van der Waals surface area contributed by atoms with Crippen molar-refractivity contribution >= 4 is 10.9 Å². The van der Waals surface area contributed by atoms with E-state index in [0.29, 0.717) is 17.6 Å². The molecule has 1 heterocycles. The van der Waals surface area contributed by atoms with Gasteiger partial charge in [0.1, 0.15) is 0 Å². The van der Waals surface area contributed by atoms with E-state index in [2.05, 4.69) is 41.8 Å². The third-order valence-electron chi connectivity index (χ3n) is 5.46. The van der Waals surface area contributed by atoms with Crippen LogP contribution in [0.2, 0.25) is 0 Å². The molecule has 0 atom stereocenters. The molecule has 4 aromatic rings. The number of hydrogen-bond donors (Lipinski definition) is 0. The first-order chi connectivity index (χ1) is 13.6. The monoisotopic (exact) mass is 371 g/mol. The summed E-state index contributed by atoms with van der Waals surface area (Å²) in [5.41, 5.74) is 7.27. The zero-order valence-electron chi connectivity index (χ0n) is 16.8. The van der Waals surface area contributed by atoms with Crippen LogP contribution in [0.1, 0.15) is 35.6 Å². The summed E-state index contributed by atoms with van der Waals surface area (Å²) >= 11 is 0. The van der Waals surface area contributed by atoms with Gasteiger partial charge in [-0.2, -0.15) is 0 Å². The van der Waals surface area contributed by atoms with E-state index in [-0.39, 0.29) is 5.82 Å². The van der Waals surface area contributed by atoms with Gasteiger partial charge in [-0.05, 0) is 49.1 Å². The van der Waals surface area contributed by atoms with Crippen LogP contribution in [0.15, 0.2) is 66.7 Å². The zero-order valence-corrected chi connectivity index (χ0v) is 16.8. The smallest absolute Gasteiger partial charge is 0.156 e. The van der Waals surface area contributed by atoms with Gasteiger partial charge in [-0.25, -0.2) is 4.39 Å². The number of benzene rings is 3. The molecule has 3 aromatic carbocycles. The predicted octanol–water partition coefficient (Wildman–Crippen LogP) is 7.07. The Morgan fingerprint density at radius 3 is 2.29 bits per heavy atom. The van der Waals surface area contributed by atoms with Crippen molar-refractivity contribution in [3.8, 4) is 11.3 Å². The van der Waals surface area contributed by atoms with Crippen LogP contribution >= 0.6 is 0 Å². The second kappa shape index (κ2) is 7.63. The van der Waals surface area contributed by atoms with Crippen LogP contribution in [0.4, 0.5) is 4.39 Å². The van der Waals surface area contributed by atoms with Gasteiger partial charge in [0.25, 0.3) is 0 Å². The SMILES string of the molecule is CCCc1ccc(Cn2c(-c3ccccc3C)c(F)c3cc(C)ccc32)cc1. The topological polar surface area (TPSA) is 4.93 Å². The summed E-state index contributed by atoms with van der Waals surface area (Å²) in [7, 11) is 0. The number of fused-ring (bicyclic) bond motifs is 1. The first kappa shape index (κ1) is 18.5. The second-order valence-corrected chi connectivity index (χ2v) is 7.65. The van der Waals surface area contributed by atoms with Crippen LogP contribution in [-0.2, 0) is 13.0 Å². The highest BCUT2D eigenvalue weighted by molar-refractivity contribution is 5.89. The molecule has 0 spiro atoms. The molecule has 4 rings (SSSR count). The Kier molecular flexibility index (Phi) is 5.04. The summed E-state index contributed by atoms with van der Waals surface area (Å²) in [6, 6.07) is 22.8. The molecule has 0 unspecified atom stereocenters. The minimum Gasteiger partial charge on any atom is -0.334 e. The molecule has 1 nitrogen and oxygen atoms in total. The van der Waals surface area contributed by atoms with Gasteiger partial charge in [0.2, 0.25) is 0 Å². The number of aryl methyl sites for hydroxylation is 3. The van der Waals surface area contributed by atoms with Crippen LogP contribution in [-0.4, -0.2) is 4.57 Å². The van der Waals surface area contributed by atoms with E-state index < -0.39 is 0 Å². The maximum Gasteiger partial charge on any atom is 0.156 e. The summed E-state index contributed by atoms with van der Waals surface area (Å²) < 4.78 is 17.7. The van der Waals surface area contributed by atoms with Crippen molar-refractivity contribution in [2.24, 2.45) is 0 Å². The number of halogens is 1. The van der Waals surface area contributed by atoms with Crippen molar-refractivity contribution in [2.75, 3.05) is 0 Å². The first-order valence-electron chi connectivity index (χ1n) is 10.0. The molecule has 0 fully saturated rings. The Bertz CT molecular complexity index is 1120. The maximum absolute atomic E-state index is 15.6. The van der Waals surface area contributed by atoms with E-state index in [9.17, 15) is 0 Å². The van der Waals surface area contributed by atoms with Crippen molar-refractivity contribution in [2.45, 2.75) is 40.2 Å². The highest BCUT2D eigenvalue weighted by atomic mass is 19.1. The Hall–Kier alpha value is -2.87. The van der Waals surface area contributed by atoms with E-state index in [0.717, 1.165) is 35.0 Å². The molecule has 2 heteroatoms. The standard InChI is InChI=1S/C26H26FN/c1-4-7-20-11-13-21(14-12-20)17-28-24-15-10-18(2)16-23(24)25(27)26(28)22-9-6-5-8-19(22)3/h5-6,8-16H,4,7,17H2,1-3H3. The van der Waals surface area contributed by atoms with Gasteiger partial charge >= 0.3 is 0 Å². The van der Waals surface area contributed by atoms with Gasteiger partial charge < -0.3 is 4.57 Å². The van der Waals surface area contributed by atoms with Gasteiger partial charge in [-0.1, -0.05) is 73.5 Å². The van der Waals surface area contributed by atoms with Gasteiger partial charge in [-0.15, -0.1) is 0 Å². The fourth-order valence-corrected chi connectivity index (χ4v) is 3.98. The minimum atomic E-state index is -0.129. The van der Waals surface area contributed by atoms with E-state index in [4.69, 9.17) is 0 Å². The largest absolute Gasteiger partial charge is 0.334 e. The number of rotatable bonds is 5. The molecule has 28 heavy (non-hydrogen) atoms. The number of nitrogens with zero attached hydrogens (tertiary/aromatic N) is 1. The quantitative estimate of drug-likeness (QED) is 0.354. The molecule has 0 radical (unpaired) electrons. The van der Waals surface area contributed by atoms with Crippen molar-refractivity contribution in [1.82, 2.24) is 4.57 Å². The highest BCUT2D eigenvalue weighted by Gasteiger charge is 2.20. The molecular formula is C26H26FN. The third kappa shape index (κ3) is 3.35. The third-order valence-corrected chi connectivity index (χ3v) is 5.46. The van der Waals surface area contributed by atoms with E-state index in [1.165, 1.54) is 11.1 Å². The van der Waals surface area contributed by atoms with Crippen LogP contribution in [0.5, 0.6) is 0 Å². The summed E-state index contributed by atoms with van der Waals surface area (Å²) in [5, 5.41) is 0.695. The molecular weight excluding hydrogens is 345 g/mol. The van der Waals surface area contributed by atoms with Crippen LogP contribution in [0, 0.1) is 19.7 Å². The zero-order chi connectivity index (χ0) is 19.7. The molecule has 0 aliphatic heterocycles. The summed E-state index contributed by atoms with van der Waals surface area (Å²) in [6.45, 7) is 6.90. The van der Waals surface area contributed by atoms with Crippen molar-refractivity contribution in [1.29, 1.82) is 0 Å². The minimum absolute atomic E-state index is 0.129. The average Bonchev–Trinajstić information content (AvgIpc) is 2.95. The maximum atomic E-state index is 15.6. The lowest BCUT2D eigenvalue weighted by Crippen LogP contribution is -2.03. The normalized spacial score (nSPS) is 11.3. The summed E-state index contributed by atoms with van der Waals surface area (Å²) in [4.78, 5) is 0. The average molecular weight is 371 g/mol. The molecule has 0 saturated heterocycles. The molecule has 0 aliphatic rings. The molecule has 0 N–H and O–H groups in total. The van der Waals surface area contributed by atoms with Crippen molar-refractivity contribution in [3.05, 3.63) is 94.8 Å². The van der Waals surface area contributed by atoms with Crippen molar-refractivity contribution < 1.29 is 4.39 Å². The predicted molar refractivity (Wildman–Crippen MR) is 116 cm³/mol. The summed E-state index contributed by atoms with van der Waals surface area (Å²) in [6.07, 6.45) is 2.23. The molecule has 0 amide bonds. The number of aromatic nitrogens is 1. The van der Waals surface area contributed by atoms with Crippen LogP contribution in [0.25, 0.3) is 22.2 Å². The molecule has 142 valence electrons. The lowest BCUT2D eigenvalue weighted by molar-refractivity contribution is 0.635. The van der Waals surface area contributed by atoms with Gasteiger partial charge in [0, 0.05) is 17.5 Å². The lowest BCUT2D eigenvalue weighted by Gasteiger charge is -2.13. The molecule has 1 aromatic heterocycles. The van der Waals surface area contributed by atoms with Crippen LogP contribution < -0.4 is 0 Å². The van der Waals surface area contributed by atoms with Gasteiger partial charge in [-0.3, -0.25) is 0 Å². The Morgan fingerprint density at radius 1 is 0.857 bits per heavy atom. The lowest BCUT2D eigenvalue weighted by atomic mass is 10.0. The fraction of sp³-hybridized carbons (Fsp3) is 0.231.